The van der Waals surface area contributed by atoms with Gasteiger partial charge in [0.1, 0.15) is 0 Å². The fourth-order valence-electron chi connectivity index (χ4n) is 2.22. The van der Waals surface area contributed by atoms with E-state index in [1.54, 1.807) is 0 Å². The Bertz CT molecular complexity index is 216. The number of hydrogen-bond acceptors (Lipinski definition) is 3. The Morgan fingerprint density at radius 2 is 2.00 bits per heavy atom. The first-order chi connectivity index (χ1) is 8.00. The van der Waals surface area contributed by atoms with Gasteiger partial charge in [0.25, 0.3) is 0 Å². The Morgan fingerprint density at radius 3 is 2.41 bits per heavy atom. The van der Waals surface area contributed by atoms with E-state index in [0.717, 1.165) is 19.5 Å². The summed E-state index contributed by atoms with van der Waals surface area (Å²) < 4.78 is 0. The molecule has 0 aromatic heterocycles. The molecule has 0 bridgehead atoms. The van der Waals surface area contributed by atoms with Crippen LogP contribution in [-0.4, -0.2) is 47.3 Å². The van der Waals surface area contributed by atoms with Crippen LogP contribution in [0.25, 0.3) is 0 Å². The highest BCUT2D eigenvalue weighted by molar-refractivity contribution is 4.92. The van der Waals surface area contributed by atoms with Gasteiger partial charge in [0.15, 0.2) is 0 Å². The zero-order valence-electron chi connectivity index (χ0n) is 12.0. The molecule has 0 aliphatic heterocycles. The van der Waals surface area contributed by atoms with E-state index >= 15 is 0 Å². The van der Waals surface area contributed by atoms with Gasteiger partial charge in [-0.1, -0.05) is 6.92 Å². The molecule has 0 radical (unpaired) electrons. The zero-order chi connectivity index (χ0) is 12.9. The monoisotopic (exact) mass is 242 g/mol. The van der Waals surface area contributed by atoms with E-state index in [9.17, 15) is 5.11 Å². The molecular formula is C14H30N2O. The van der Waals surface area contributed by atoms with Crippen molar-refractivity contribution in [1.29, 1.82) is 0 Å². The summed E-state index contributed by atoms with van der Waals surface area (Å²) in [4.78, 5) is 2.50. The third-order valence-electron chi connectivity index (χ3n) is 3.67. The SMILES string of the molecule is CCCN(CCC(C)(CO)NC1CC1)C(C)C. The van der Waals surface area contributed by atoms with E-state index < -0.39 is 0 Å². The summed E-state index contributed by atoms with van der Waals surface area (Å²) >= 11 is 0. The number of aliphatic hydroxyl groups is 1. The Labute approximate surface area is 107 Å². The summed E-state index contributed by atoms with van der Waals surface area (Å²) in [7, 11) is 0. The molecule has 3 nitrogen and oxygen atoms in total. The fraction of sp³-hybridized carbons (Fsp3) is 1.00. The molecule has 1 atom stereocenters. The minimum absolute atomic E-state index is 0.0952. The highest BCUT2D eigenvalue weighted by Gasteiger charge is 2.32. The van der Waals surface area contributed by atoms with Crippen LogP contribution >= 0.6 is 0 Å². The van der Waals surface area contributed by atoms with Crippen molar-refractivity contribution in [3.63, 3.8) is 0 Å². The largest absolute Gasteiger partial charge is 0.394 e. The lowest BCUT2D eigenvalue weighted by molar-refractivity contribution is 0.133. The van der Waals surface area contributed by atoms with Crippen molar-refractivity contribution in [2.45, 2.75) is 71.0 Å². The van der Waals surface area contributed by atoms with Crippen LogP contribution in [0.3, 0.4) is 0 Å². The molecule has 1 rings (SSSR count). The molecule has 1 aliphatic rings. The molecular weight excluding hydrogens is 212 g/mol. The van der Waals surface area contributed by atoms with Gasteiger partial charge in [0, 0.05) is 24.2 Å². The molecule has 17 heavy (non-hydrogen) atoms. The van der Waals surface area contributed by atoms with Gasteiger partial charge in [-0.05, 0) is 53.0 Å². The molecule has 0 spiro atoms. The van der Waals surface area contributed by atoms with Crippen LogP contribution in [-0.2, 0) is 0 Å². The quantitative estimate of drug-likeness (QED) is 0.649. The minimum atomic E-state index is -0.0952. The number of nitrogens with one attached hydrogen (secondary N) is 1. The minimum Gasteiger partial charge on any atom is -0.394 e. The van der Waals surface area contributed by atoms with Gasteiger partial charge in [-0.2, -0.15) is 0 Å². The Morgan fingerprint density at radius 1 is 1.35 bits per heavy atom. The lowest BCUT2D eigenvalue weighted by Crippen LogP contribution is -2.49. The fourth-order valence-corrected chi connectivity index (χ4v) is 2.22. The normalized spacial score (nSPS) is 19.9. The molecule has 0 heterocycles. The summed E-state index contributed by atoms with van der Waals surface area (Å²) in [6.07, 6.45) is 4.78. The van der Waals surface area contributed by atoms with Crippen LogP contribution < -0.4 is 5.32 Å². The molecule has 1 unspecified atom stereocenters. The Hall–Kier alpha value is -0.120. The molecule has 0 aromatic carbocycles. The lowest BCUT2D eigenvalue weighted by Gasteiger charge is -2.33. The lowest BCUT2D eigenvalue weighted by atomic mass is 9.98. The summed E-state index contributed by atoms with van der Waals surface area (Å²) in [5, 5.41) is 13.1. The van der Waals surface area contributed by atoms with Crippen molar-refractivity contribution in [3.05, 3.63) is 0 Å². The van der Waals surface area contributed by atoms with Crippen molar-refractivity contribution in [2.75, 3.05) is 19.7 Å². The maximum Gasteiger partial charge on any atom is 0.0611 e. The molecule has 1 saturated carbocycles. The standard InChI is InChI=1S/C14H30N2O/c1-5-9-16(12(2)3)10-8-14(4,11-17)15-13-6-7-13/h12-13,15,17H,5-11H2,1-4H3. The third kappa shape index (κ3) is 5.36. The van der Waals surface area contributed by atoms with Crippen molar-refractivity contribution in [2.24, 2.45) is 0 Å². The first-order valence-electron chi connectivity index (χ1n) is 7.13. The molecule has 0 aromatic rings. The molecule has 3 heteroatoms. The average Bonchev–Trinajstić information content (AvgIpc) is 3.07. The summed E-state index contributed by atoms with van der Waals surface area (Å²) in [5.74, 6) is 0. The van der Waals surface area contributed by atoms with E-state index in [4.69, 9.17) is 0 Å². The van der Waals surface area contributed by atoms with Crippen molar-refractivity contribution < 1.29 is 5.11 Å². The summed E-state index contributed by atoms with van der Waals surface area (Å²) in [5.41, 5.74) is -0.0952. The van der Waals surface area contributed by atoms with Gasteiger partial charge in [0.05, 0.1) is 6.61 Å². The predicted molar refractivity (Wildman–Crippen MR) is 73.3 cm³/mol. The molecule has 2 N–H and O–H groups in total. The Kier molecular flexibility index (Phi) is 5.90. The van der Waals surface area contributed by atoms with Crippen LogP contribution in [0.5, 0.6) is 0 Å². The van der Waals surface area contributed by atoms with Crippen LogP contribution in [0.15, 0.2) is 0 Å². The molecule has 0 saturated heterocycles. The second-order valence-electron chi connectivity index (χ2n) is 6.02. The number of hydrogen-bond donors (Lipinski definition) is 2. The second kappa shape index (κ2) is 6.72. The molecule has 1 aliphatic carbocycles. The molecule has 0 amide bonds. The van der Waals surface area contributed by atoms with Crippen molar-refractivity contribution in [1.82, 2.24) is 10.2 Å². The van der Waals surface area contributed by atoms with E-state index in [2.05, 4.69) is 37.9 Å². The van der Waals surface area contributed by atoms with Gasteiger partial charge in [0.2, 0.25) is 0 Å². The highest BCUT2D eigenvalue weighted by Crippen LogP contribution is 2.24. The molecule has 102 valence electrons. The van der Waals surface area contributed by atoms with Gasteiger partial charge < -0.3 is 15.3 Å². The maximum absolute atomic E-state index is 9.56. The van der Waals surface area contributed by atoms with Crippen LogP contribution in [0.1, 0.15) is 53.4 Å². The average molecular weight is 242 g/mol. The van der Waals surface area contributed by atoms with E-state index in [0.29, 0.717) is 12.1 Å². The smallest absolute Gasteiger partial charge is 0.0611 e. The third-order valence-corrected chi connectivity index (χ3v) is 3.67. The van der Waals surface area contributed by atoms with E-state index in [1.807, 2.05) is 0 Å². The second-order valence-corrected chi connectivity index (χ2v) is 6.02. The first kappa shape index (κ1) is 14.9. The van der Waals surface area contributed by atoms with Gasteiger partial charge in [-0.15, -0.1) is 0 Å². The van der Waals surface area contributed by atoms with Gasteiger partial charge in [-0.25, -0.2) is 0 Å². The van der Waals surface area contributed by atoms with Gasteiger partial charge in [-0.3, -0.25) is 0 Å². The topological polar surface area (TPSA) is 35.5 Å². The zero-order valence-corrected chi connectivity index (χ0v) is 12.0. The number of rotatable bonds is 9. The first-order valence-corrected chi connectivity index (χ1v) is 7.13. The van der Waals surface area contributed by atoms with Crippen LogP contribution in [0, 0.1) is 0 Å². The predicted octanol–water partition coefficient (Wildman–Crippen LogP) is 2.00. The highest BCUT2D eigenvalue weighted by atomic mass is 16.3. The van der Waals surface area contributed by atoms with Crippen molar-refractivity contribution >= 4 is 0 Å². The summed E-state index contributed by atoms with van der Waals surface area (Å²) in [6, 6.07) is 1.25. The van der Waals surface area contributed by atoms with Crippen LogP contribution in [0.4, 0.5) is 0 Å². The number of nitrogens with zero attached hydrogens (tertiary/aromatic N) is 1. The molecule has 1 fully saturated rings. The number of aliphatic hydroxyl groups excluding tert-OH is 1. The van der Waals surface area contributed by atoms with Gasteiger partial charge >= 0.3 is 0 Å². The van der Waals surface area contributed by atoms with Crippen LogP contribution in [0.2, 0.25) is 0 Å². The summed E-state index contributed by atoms with van der Waals surface area (Å²) in [6.45, 7) is 11.3. The Balaban J connectivity index is 2.37. The van der Waals surface area contributed by atoms with E-state index in [-0.39, 0.29) is 12.1 Å². The van der Waals surface area contributed by atoms with E-state index in [1.165, 1.54) is 19.3 Å². The van der Waals surface area contributed by atoms with Crippen molar-refractivity contribution in [3.8, 4) is 0 Å². The maximum atomic E-state index is 9.56.